The highest BCUT2D eigenvalue weighted by atomic mass is 16.5. The number of carboxylic acid groups (broad SMARTS) is 1. The van der Waals surface area contributed by atoms with Crippen molar-refractivity contribution in [2.45, 2.75) is 37.8 Å². The molecule has 3 heterocycles. The topological polar surface area (TPSA) is 89.0 Å². The van der Waals surface area contributed by atoms with Crippen molar-refractivity contribution in [1.82, 2.24) is 9.88 Å². The molecule has 1 amide bonds. The van der Waals surface area contributed by atoms with E-state index in [0.29, 0.717) is 31.2 Å². The zero-order valence-corrected chi connectivity index (χ0v) is 12.8. The van der Waals surface area contributed by atoms with Gasteiger partial charge in [-0.3, -0.25) is 9.59 Å². The quantitative estimate of drug-likeness (QED) is 0.880. The third-order valence-corrected chi connectivity index (χ3v) is 4.21. The third kappa shape index (κ3) is 3.79. The average molecular weight is 320 g/mol. The number of pyridine rings is 1. The minimum absolute atomic E-state index is 0.0143. The van der Waals surface area contributed by atoms with Crippen molar-refractivity contribution in [3.8, 4) is 5.88 Å². The fourth-order valence-corrected chi connectivity index (χ4v) is 3.07. The highest BCUT2D eigenvalue weighted by Crippen LogP contribution is 2.24. The Hall–Kier alpha value is -2.15. The van der Waals surface area contributed by atoms with E-state index < -0.39 is 5.97 Å². The van der Waals surface area contributed by atoms with Gasteiger partial charge in [-0.1, -0.05) is 0 Å². The van der Waals surface area contributed by atoms with E-state index in [1.165, 1.54) is 0 Å². The van der Waals surface area contributed by atoms with Crippen LogP contribution in [-0.4, -0.2) is 58.8 Å². The molecule has 0 saturated carbocycles. The van der Waals surface area contributed by atoms with Crippen molar-refractivity contribution in [1.29, 1.82) is 0 Å². The van der Waals surface area contributed by atoms with E-state index in [1.54, 1.807) is 23.2 Å². The van der Waals surface area contributed by atoms with Gasteiger partial charge in [0.15, 0.2) is 0 Å². The van der Waals surface area contributed by atoms with Crippen LogP contribution in [0.4, 0.5) is 0 Å². The van der Waals surface area contributed by atoms with E-state index in [0.717, 1.165) is 19.3 Å². The van der Waals surface area contributed by atoms with Crippen molar-refractivity contribution in [3.63, 3.8) is 0 Å². The maximum atomic E-state index is 12.7. The molecule has 23 heavy (non-hydrogen) atoms. The van der Waals surface area contributed by atoms with E-state index in [4.69, 9.17) is 14.6 Å². The molecule has 2 aliphatic heterocycles. The van der Waals surface area contributed by atoms with E-state index in [1.807, 2.05) is 0 Å². The Bertz CT molecular complexity index is 586. The molecule has 2 aliphatic rings. The summed E-state index contributed by atoms with van der Waals surface area (Å²) in [4.78, 5) is 29.4. The molecule has 1 aromatic heterocycles. The first-order valence-corrected chi connectivity index (χ1v) is 7.86. The number of carbonyl (C=O) groups is 2. The van der Waals surface area contributed by atoms with Crippen molar-refractivity contribution in [3.05, 3.63) is 23.9 Å². The van der Waals surface area contributed by atoms with Gasteiger partial charge >= 0.3 is 5.97 Å². The van der Waals surface area contributed by atoms with Crippen LogP contribution in [0.25, 0.3) is 0 Å². The Kier molecular flexibility index (Phi) is 4.76. The molecule has 7 heteroatoms. The molecule has 124 valence electrons. The van der Waals surface area contributed by atoms with Crippen LogP contribution in [-0.2, 0) is 9.53 Å². The van der Waals surface area contributed by atoms with Gasteiger partial charge in [-0.25, -0.2) is 4.98 Å². The van der Waals surface area contributed by atoms with Crippen LogP contribution in [0.2, 0.25) is 0 Å². The van der Waals surface area contributed by atoms with E-state index >= 15 is 0 Å². The Labute approximate surface area is 134 Å². The maximum absolute atomic E-state index is 12.7. The first kappa shape index (κ1) is 15.7. The van der Waals surface area contributed by atoms with E-state index in [2.05, 4.69) is 4.98 Å². The zero-order valence-electron chi connectivity index (χ0n) is 12.8. The van der Waals surface area contributed by atoms with Gasteiger partial charge in [0.05, 0.1) is 19.6 Å². The molecule has 0 radical (unpaired) electrons. The number of nitrogens with zero attached hydrogens (tertiary/aromatic N) is 2. The number of rotatable bonds is 5. The van der Waals surface area contributed by atoms with Crippen LogP contribution in [0.3, 0.4) is 0 Å². The van der Waals surface area contributed by atoms with Gasteiger partial charge in [0, 0.05) is 36.8 Å². The smallest absolute Gasteiger partial charge is 0.305 e. The molecule has 1 N–H and O–H groups in total. The summed E-state index contributed by atoms with van der Waals surface area (Å²) in [5.74, 6) is -0.640. The highest BCUT2D eigenvalue weighted by molar-refractivity contribution is 5.95. The molecule has 0 spiro atoms. The molecular weight excluding hydrogens is 300 g/mol. The maximum Gasteiger partial charge on any atom is 0.305 e. The molecule has 2 unspecified atom stereocenters. The lowest BCUT2D eigenvalue weighted by Crippen LogP contribution is -2.36. The lowest BCUT2D eigenvalue weighted by atomic mass is 10.1. The SMILES string of the molecule is O=C(O)CC1CCCN1C(=O)c1ccnc(OC2CCOC2)c1. The van der Waals surface area contributed by atoms with Crippen LogP contribution < -0.4 is 4.74 Å². The van der Waals surface area contributed by atoms with Gasteiger partial charge in [-0.15, -0.1) is 0 Å². The Morgan fingerprint density at radius 3 is 3.04 bits per heavy atom. The number of likely N-dealkylation sites (tertiary alicyclic amines) is 1. The Morgan fingerprint density at radius 2 is 2.30 bits per heavy atom. The normalized spacial score (nSPS) is 23.9. The van der Waals surface area contributed by atoms with Crippen LogP contribution in [0.1, 0.15) is 36.0 Å². The van der Waals surface area contributed by atoms with Crippen LogP contribution >= 0.6 is 0 Å². The molecule has 0 aromatic carbocycles. The number of hydrogen-bond donors (Lipinski definition) is 1. The average Bonchev–Trinajstić information content (AvgIpc) is 3.18. The van der Waals surface area contributed by atoms with Crippen molar-refractivity contribution >= 4 is 11.9 Å². The van der Waals surface area contributed by atoms with Gasteiger partial charge in [-0.2, -0.15) is 0 Å². The minimum Gasteiger partial charge on any atom is -0.481 e. The zero-order chi connectivity index (χ0) is 16.2. The fraction of sp³-hybridized carbons (Fsp3) is 0.562. The lowest BCUT2D eigenvalue weighted by molar-refractivity contribution is -0.137. The Morgan fingerprint density at radius 1 is 1.43 bits per heavy atom. The van der Waals surface area contributed by atoms with Crippen LogP contribution in [0.15, 0.2) is 18.3 Å². The number of ether oxygens (including phenoxy) is 2. The van der Waals surface area contributed by atoms with Gasteiger partial charge < -0.3 is 19.5 Å². The summed E-state index contributed by atoms with van der Waals surface area (Å²) in [6, 6.07) is 3.02. The summed E-state index contributed by atoms with van der Waals surface area (Å²) in [7, 11) is 0. The molecule has 2 fully saturated rings. The first-order chi connectivity index (χ1) is 11.1. The van der Waals surface area contributed by atoms with E-state index in [9.17, 15) is 9.59 Å². The third-order valence-electron chi connectivity index (χ3n) is 4.21. The highest BCUT2D eigenvalue weighted by Gasteiger charge is 2.31. The summed E-state index contributed by atoms with van der Waals surface area (Å²) in [6.07, 6.45) is 3.87. The molecular formula is C16H20N2O5. The second-order valence-electron chi connectivity index (χ2n) is 5.88. The summed E-state index contributed by atoms with van der Waals surface area (Å²) < 4.78 is 11.0. The number of aliphatic carboxylic acids is 1. The predicted octanol–water partition coefficient (Wildman–Crippen LogP) is 1.33. The Balaban J connectivity index is 1.70. The molecule has 2 saturated heterocycles. The van der Waals surface area contributed by atoms with Crippen LogP contribution in [0, 0.1) is 0 Å². The summed E-state index contributed by atoms with van der Waals surface area (Å²) in [6.45, 7) is 1.80. The molecule has 3 rings (SSSR count). The predicted molar refractivity (Wildman–Crippen MR) is 80.4 cm³/mol. The van der Waals surface area contributed by atoms with Crippen molar-refractivity contribution in [2.24, 2.45) is 0 Å². The largest absolute Gasteiger partial charge is 0.481 e. The monoisotopic (exact) mass is 320 g/mol. The summed E-state index contributed by atoms with van der Waals surface area (Å²) in [5.41, 5.74) is 0.478. The number of carbonyl (C=O) groups excluding carboxylic acids is 1. The van der Waals surface area contributed by atoms with Crippen molar-refractivity contribution < 1.29 is 24.2 Å². The van der Waals surface area contributed by atoms with Gasteiger partial charge in [0.1, 0.15) is 6.10 Å². The van der Waals surface area contributed by atoms with Gasteiger partial charge in [0.25, 0.3) is 5.91 Å². The number of carboxylic acids is 1. The lowest BCUT2D eigenvalue weighted by Gasteiger charge is -2.23. The molecule has 0 bridgehead atoms. The van der Waals surface area contributed by atoms with Crippen molar-refractivity contribution in [2.75, 3.05) is 19.8 Å². The summed E-state index contributed by atoms with van der Waals surface area (Å²) in [5, 5.41) is 8.97. The number of amides is 1. The molecule has 2 atom stereocenters. The second-order valence-corrected chi connectivity index (χ2v) is 5.88. The first-order valence-electron chi connectivity index (χ1n) is 7.86. The standard InChI is InChI=1S/C16H20N2O5/c19-15(20)9-12-2-1-6-18(12)16(21)11-3-5-17-14(8-11)23-13-4-7-22-10-13/h3,5,8,12-13H,1-2,4,6-7,9-10H2,(H,19,20). The molecule has 0 aliphatic carbocycles. The van der Waals surface area contributed by atoms with Gasteiger partial charge in [-0.05, 0) is 18.9 Å². The number of aromatic nitrogens is 1. The minimum atomic E-state index is -0.880. The second kappa shape index (κ2) is 6.95. The van der Waals surface area contributed by atoms with Crippen LogP contribution in [0.5, 0.6) is 5.88 Å². The molecule has 7 nitrogen and oxygen atoms in total. The molecule has 1 aromatic rings. The summed E-state index contributed by atoms with van der Waals surface area (Å²) >= 11 is 0. The fourth-order valence-electron chi connectivity index (χ4n) is 3.07. The van der Waals surface area contributed by atoms with Gasteiger partial charge in [0.2, 0.25) is 5.88 Å². The number of hydrogen-bond acceptors (Lipinski definition) is 5. The van der Waals surface area contributed by atoms with E-state index in [-0.39, 0.29) is 24.5 Å².